The second-order valence-corrected chi connectivity index (χ2v) is 17.9. The minimum Gasteiger partial charge on any atom is -0.310 e. The van der Waals surface area contributed by atoms with Crippen LogP contribution in [0.4, 0.5) is 34.1 Å². The smallest absolute Gasteiger partial charge is 0.0540 e. The molecule has 290 valence electrons. The number of anilines is 6. The Labute approximate surface area is 354 Å². The summed E-state index contributed by atoms with van der Waals surface area (Å²) < 4.78 is 0. The fourth-order valence-corrected chi connectivity index (χ4v) is 10.6. The second-order valence-electron chi connectivity index (χ2n) is 17.9. The van der Waals surface area contributed by atoms with Gasteiger partial charge in [-0.05, 0) is 153 Å². The molecule has 9 aromatic carbocycles. The van der Waals surface area contributed by atoms with Crippen LogP contribution in [0.1, 0.15) is 61.1 Å². The van der Waals surface area contributed by atoms with Gasteiger partial charge in [0.25, 0.3) is 0 Å². The molecular formula is C58H48N2. The first kappa shape index (κ1) is 36.2. The van der Waals surface area contributed by atoms with Gasteiger partial charge in [-0.2, -0.15) is 0 Å². The van der Waals surface area contributed by atoms with E-state index >= 15 is 0 Å². The van der Waals surface area contributed by atoms with E-state index in [0.717, 1.165) is 11.4 Å². The summed E-state index contributed by atoms with van der Waals surface area (Å²) in [7, 11) is 0. The van der Waals surface area contributed by atoms with E-state index in [4.69, 9.17) is 0 Å². The van der Waals surface area contributed by atoms with Crippen molar-refractivity contribution in [2.24, 2.45) is 0 Å². The Balaban J connectivity index is 1.06. The molecule has 0 aliphatic heterocycles. The number of hydrogen-bond donors (Lipinski definition) is 0. The Kier molecular flexibility index (Phi) is 8.03. The highest BCUT2D eigenvalue weighted by Gasteiger charge is 2.43. The molecule has 0 spiro atoms. The molecule has 2 aliphatic rings. The summed E-state index contributed by atoms with van der Waals surface area (Å²) in [5, 5.41) is 4.96. The molecule has 0 N–H and O–H groups in total. The predicted octanol–water partition coefficient (Wildman–Crippen LogP) is 16.2. The Bertz CT molecular complexity index is 2950. The van der Waals surface area contributed by atoms with Crippen LogP contribution in [0.2, 0.25) is 0 Å². The Morgan fingerprint density at radius 1 is 0.333 bits per heavy atom. The van der Waals surface area contributed by atoms with Gasteiger partial charge in [0, 0.05) is 44.4 Å². The third kappa shape index (κ3) is 5.33. The maximum atomic E-state index is 2.56. The first-order valence-electron chi connectivity index (χ1n) is 21.3. The van der Waals surface area contributed by atoms with Crippen molar-refractivity contribution in [2.75, 3.05) is 9.80 Å². The zero-order chi connectivity index (χ0) is 40.9. The van der Waals surface area contributed by atoms with Gasteiger partial charge in [-0.1, -0.05) is 137 Å². The van der Waals surface area contributed by atoms with E-state index < -0.39 is 0 Å². The summed E-state index contributed by atoms with van der Waals surface area (Å²) in [5.41, 5.74) is 20.3. The lowest BCUT2D eigenvalue weighted by molar-refractivity contribution is 0.652. The summed E-state index contributed by atoms with van der Waals surface area (Å²) in [6, 6.07) is 67.3. The molecule has 0 radical (unpaired) electrons. The van der Waals surface area contributed by atoms with E-state index in [9.17, 15) is 0 Å². The van der Waals surface area contributed by atoms with Gasteiger partial charge in [0.05, 0.1) is 11.4 Å². The quantitative estimate of drug-likeness (QED) is 0.166. The van der Waals surface area contributed by atoms with Crippen molar-refractivity contribution in [3.05, 3.63) is 215 Å². The first-order chi connectivity index (χ1) is 29.1. The van der Waals surface area contributed by atoms with Crippen molar-refractivity contribution >= 4 is 55.7 Å². The minimum atomic E-state index is -0.208. The van der Waals surface area contributed by atoms with E-state index in [-0.39, 0.29) is 10.8 Å². The van der Waals surface area contributed by atoms with Crippen LogP contribution >= 0.6 is 0 Å². The molecule has 0 aromatic heterocycles. The number of nitrogens with zero attached hydrogens (tertiary/aromatic N) is 2. The van der Waals surface area contributed by atoms with Crippen LogP contribution in [-0.4, -0.2) is 0 Å². The third-order valence-corrected chi connectivity index (χ3v) is 13.6. The second kappa shape index (κ2) is 13.3. The zero-order valence-electron chi connectivity index (χ0n) is 35.2. The highest BCUT2D eigenvalue weighted by molar-refractivity contribution is 6.02. The number of para-hydroxylation sites is 2. The maximum absolute atomic E-state index is 2.56. The first-order valence-corrected chi connectivity index (χ1v) is 21.3. The largest absolute Gasteiger partial charge is 0.310 e. The van der Waals surface area contributed by atoms with Gasteiger partial charge in [0.2, 0.25) is 0 Å². The van der Waals surface area contributed by atoms with E-state index in [2.05, 4.69) is 233 Å². The third-order valence-electron chi connectivity index (χ3n) is 13.6. The average molecular weight is 773 g/mol. The molecule has 0 saturated heterocycles. The number of benzene rings is 9. The van der Waals surface area contributed by atoms with Crippen LogP contribution in [0.3, 0.4) is 0 Å². The number of rotatable bonds is 6. The van der Waals surface area contributed by atoms with Gasteiger partial charge in [-0.3, -0.25) is 0 Å². The summed E-state index contributed by atoms with van der Waals surface area (Å²) >= 11 is 0. The molecule has 0 bridgehead atoms. The summed E-state index contributed by atoms with van der Waals surface area (Å²) in [5.74, 6) is 0. The predicted molar refractivity (Wildman–Crippen MR) is 255 cm³/mol. The molecule has 9 aromatic rings. The lowest BCUT2D eigenvalue weighted by atomic mass is 9.79. The molecular weight excluding hydrogens is 725 g/mol. The van der Waals surface area contributed by atoms with Crippen molar-refractivity contribution in [1.82, 2.24) is 0 Å². The van der Waals surface area contributed by atoms with Crippen LogP contribution in [0.15, 0.2) is 182 Å². The van der Waals surface area contributed by atoms with Crippen molar-refractivity contribution < 1.29 is 0 Å². The van der Waals surface area contributed by atoms with Crippen LogP contribution in [0.5, 0.6) is 0 Å². The Morgan fingerprint density at radius 3 is 1.12 bits per heavy atom. The van der Waals surface area contributed by atoms with E-state index in [1.807, 2.05) is 0 Å². The molecule has 11 rings (SSSR count). The van der Waals surface area contributed by atoms with Crippen molar-refractivity contribution in [2.45, 2.75) is 52.4 Å². The molecule has 0 heterocycles. The Morgan fingerprint density at radius 2 is 0.700 bits per heavy atom. The topological polar surface area (TPSA) is 6.48 Å². The highest BCUT2D eigenvalue weighted by Crippen LogP contribution is 2.59. The van der Waals surface area contributed by atoms with E-state index in [0.29, 0.717) is 0 Å². The lowest BCUT2D eigenvalue weighted by Crippen LogP contribution is -2.18. The summed E-state index contributed by atoms with van der Waals surface area (Å²) in [6.07, 6.45) is 0. The molecule has 0 atom stereocenters. The van der Waals surface area contributed by atoms with Gasteiger partial charge >= 0.3 is 0 Å². The monoisotopic (exact) mass is 772 g/mol. The van der Waals surface area contributed by atoms with Crippen LogP contribution in [0.25, 0.3) is 43.8 Å². The minimum absolute atomic E-state index is 0.208. The maximum Gasteiger partial charge on any atom is 0.0540 e. The normalized spacial score (nSPS) is 14.1. The standard InChI is InChI=1S/C58H48N2/c1-37-31-43(59(41-23-9-7-10-24-41)53-29-17-21-39-19-13-15-27-45(39)53)33-51-55(37)47-35-50-48(36-49(47)57(51,3)4)56-38(2)32-44(34-52(56)58(50,5)6)60(42-25-11-8-12-26-42)54-30-18-22-40-20-14-16-28-46(40)54/h7-36H,1-6H3. The SMILES string of the molecule is Cc1cc(N(c2ccccc2)c2cccc3ccccc23)cc2c1-c1cc3c(cc1C2(C)C)-c1c(C)cc(N(c2ccccc2)c2cccc4ccccc24)cc1C3(C)C. The van der Waals surface area contributed by atoms with Gasteiger partial charge < -0.3 is 9.80 Å². The molecule has 2 heteroatoms. The number of hydrogen-bond acceptors (Lipinski definition) is 2. The average Bonchev–Trinajstić information content (AvgIpc) is 3.63. The molecule has 0 saturated carbocycles. The molecule has 2 nitrogen and oxygen atoms in total. The molecule has 0 fully saturated rings. The molecule has 0 unspecified atom stereocenters. The van der Waals surface area contributed by atoms with Gasteiger partial charge in [-0.25, -0.2) is 0 Å². The fourth-order valence-electron chi connectivity index (χ4n) is 10.6. The van der Waals surface area contributed by atoms with Gasteiger partial charge in [-0.15, -0.1) is 0 Å². The number of aryl methyl sites for hydroxylation is 2. The van der Waals surface area contributed by atoms with Crippen LogP contribution in [-0.2, 0) is 10.8 Å². The van der Waals surface area contributed by atoms with Gasteiger partial charge in [0.15, 0.2) is 0 Å². The fraction of sp³-hybridized carbons (Fsp3) is 0.138. The molecule has 0 amide bonds. The zero-order valence-corrected chi connectivity index (χ0v) is 35.2. The van der Waals surface area contributed by atoms with Crippen molar-refractivity contribution in [3.8, 4) is 22.3 Å². The van der Waals surface area contributed by atoms with Crippen molar-refractivity contribution in [1.29, 1.82) is 0 Å². The van der Waals surface area contributed by atoms with E-state index in [1.165, 1.54) is 99.9 Å². The summed E-state index contributed by atoms with van der Waals surface area (Å²) in [6.45, 7) is 14.3. The Hall–Kier alpha value is -6.90. The van der Waals surface area contributed by atoms with Crippen LogP contribution < -0.4 is 9.80 Å². The number of fused-ring (bicyclic) bond motifs is 8. The summed E-state index contributed by atoms with van der Waals surface area (Å²) in [4.78, 5) is 4.90. The van der Waals surface area contributed by atoms with Gasteiger partial charge in [0.1, 0.15) is 0 Å². The van der Waals surface area contributed by atoms with E-state index in [1.54, 1.807) is 0 Å². The highest BCUT2D eigenvalue weighted by atomic mass is 15.1. The van der Waals surface area contributed by atoms with Crippen LogP contribution in [0, 0.1) is 13.8 Å². The molecule has 2 aliphatic carbocycles. The molecule has 60 heavy (non-hydrogen) atoms. The lowest BCUT2D eigenvalue weighted by Gasteiger charge is -2.30. The van der Waals surface area contributed by atoms with Crippen molar-refractivity contribution in [3.63, 3.8) is 0 Å².